The van der Waals surface area contributed by atoms with Crippen molar-refractivity contribution in [3.63, 3.8) is 0 Å². The van der Waals surface area contributed by atoms with Gasteiger partial charge in [-0.1, -0.05) is 6.08 Å². The third-order valence-electron chi connectivity index (χ3n) is 1.52. The maximum Gasteiger partial charge on any atom is 0.337 e. The molecule has 0 saturated carbocycles. The SMILES string of the molecule is CCOC(=O)C1=CCC(=N)C=C1. The van der Waals surface area contributed by atoms with E-state index < -0.39 is 0 Å². The number of carbonyl (C=O) groups is 1. The van der Waals surface area contributed by atoms with Crippen molar-refractivity contribution in [3.05, 3.63) is 23.8 Å². The van der Waals surface area contributed by atoms with Crippen LogP contribution in [0.2, 0.25) is 0 Å². The van der Waals surface area contributed by atoms with E-state index in [1.54, 1.807) is 25.2 Å². The van der Waals surface area contributed by atoms with Crippen LogP contribution >= 0.6 is 0 Å². The van der Waals surface area contributed by atoms with Crippen molar-refractivity contribution in [1.82, 2.24) is 0 Å². The van der Waals surface area contributed by atoms with Gasteiger partial charge in [0.25, 0.3) is 0 Å². The molecular weight excluding hydrogens is 154 g/mol. The molecule has 0 unspecified atom stereocenters. The molecule has 0 amide bonds. The van der Waals surface area contributed by atoms with Gasteiger partial charge in [-0.25, -0.2) is 4.79 Å². The van der Waals surface area contributed by atoms with Gasteiger partial charge in [0, 0.05) is 12.1 Å². The minimum Gasteiger partial charge on any atom is -0.462 e. The molecule has 0 bridgehead atoms. The molecule has 0 spiro atoms. The Morgan fingerprint density at radius 1 is 1.67 bits per heavy atom. The third kappa shape index (κ3) is 2.05. The highest BCUT2D eigenvalue weighted by Crippen LogP contribution is 2.08. The standard InChI is InChI=1S/C9H11NO2/c1-2-12-9(11)7-3-5-8(10)6-4-7/h3-5,10H,2,6H2,1H3. The van der Waals surface area contributed by atoms with Crippen LogP contribution < -0.4 is 0 Å². The Labute approximate surface area is 71.2 Å². The van der Waals surface area contributed by atoms with E-state index in [0.29, 0.717) is 24.3 Å². The van der Waals surface area contributed by atoms with E-state index in [4.69, 9.17) is 10.1 Å². The molecule has 0 aromatic carbocycles. The van der Waals surface area contributed by atoms with Gasteiger partial charge in [0.2, 0.25) is 0 Å². The van der Waals surface area contributed by atoms with Crippen LogP contribution in [0.4, 0.5) is 0 Å². The minimum atomic E-state index is -0.304. The van der Waals surface area contributed by atoms with Crippen LogP contribution in [0.5, 0.6) is 0 Å². The summed E-state index contributed by atoms with van der Waals surface area (Å²) in [7, 11) is 0. The van der Waals surface area contributed by atoms with Crippen molar-refractivity contribution < 1.29 is 9.53 Å². The monoisotopic (exact) mass is 165 g/mol. The highest BCUT2D eigenvalue weighted by Gasteiger charge is 2.09. The predicted molar refractivity (Wildman–Crippen MR) is 46.2 cm³/mol. The number of carbonyl (C=O) groups excluding carboxylic acids is 1. The molecule has 1 N–H and O–H groups in total. The number of hydrogen-bond donors (Lipinski definition) is 1. The zero-order valence-electron chi connectivity index (χ0n) is 6.96. The fourth-order valence-electron chi connectivity index (χ4n) is 0.912. The molecule has 64 valence electrons. The largest absolute Gasteiger partial charge is 0.462 e. The second-order valence-corrected chi connectivity index (χ2v) is 2.44. The Morgan fingerprint density at radius 2 is 2.42 bits per heavy atom. The van der Waals surface area contributed by atoms with Gasteiger partial charge in [-0.3, -0.25) is 0 Å². The van der Waals surface area contributed by atoms with Crippen molar-refractivity contribution in [3.8, 4) is 0 Å². The molecule has 1 aliphatic carbocycles. The van der Waals surface area contributed by atoms with Crippen LogP contribution in [0.15, 0.2) is 23.8 Å². The minimum absolute atomic E-state index is 0.304. The maximum atomic E-state index is 11.1. The lowest BCUT2D eigenvalue weighted by Gasteiger charge is -2.05. The molecular formula is C9H11NO2. The fourth-order valence-corrected chi connectivity index (χ4v) is 0.912. The molecule has 0 heterocycles. The second kappa shape index (κ2) is 3.85. The topological polar surface area (TPSA) is 50.2 Å². The highest BCUT2D eigenvalue weighted by molar-refractivity contribution is 6.01. The van der Waals surface area contributed by atoms with Gasteiger partial charge in [-0.15, -0.1) is 0 Å². The Kier molecular flexibility index (Phi) is 2.80. The van der Waals surface area contributed by atoms with Crippen molar-refractivity contribution >= 4 is 11.7 Å². The van der Waals surface area contributed by atoms with Crippen LogP contribution in [0.25, 0.3) is 0 Å². The number of esters is 1. The van der Waals surface area contributed by atoms with Crippen molar-refractivity contribution in [2.45, 2.75) is 13.3 Å². The molecule has 12 heavy (non-hydrogen) atoms. The zero-order chi connectivity index (χ0) is 8.97. The van der Waals surface area contributed by atoms with Gasteiger partial charge in [0.15, 0.2) is 0 Å². The molecule has 1 aliphatic rings. The first-order valence-electron chi connectivity index (χ1n) is 3.87. The third-order valence-corrected chi connectivity index (χ3v) is 1.52. The average Bonchev–Trinajstić information content (AvgIpc) is 2.06. The number of allylic oxidation sites excluding steroid dienone is 2. The lowest BCUT2D eigenvalue weighted by molar-refractivity contribution is -0.138. The average molecular weight is 165 g/mol. The molecule has 1 rings (SSSR count). The molecule has 0 atom stereocenters. The van der Waals surface area contributed by atoms with E-state index >= 15 is 0 Å². The van der Waals surface area contributed by atoms with Crippen LogP contribution in [0.1, 0.15) is 13.3 Å². The summed E-state index contributed by atoms with van der Waals surface area (Å²) >= 11 is 0. The quantitative estimate of drug-likeness (QED) is 0.629. The Morgan fingerprint density at radius 3 is 2.92 bits per heavy atom. The molecule has 0 aliphatic heterocycles. The van der Waals surface area contributed by atoms with Gasteiger partial charge < -0.3 is 10.1 Å². The molecule has 0 radical (unpaired) electrons. The van der Waals surface area contributed by atoms with Crippen molar-refractivity contribution in [2.24, 2.45) is 0 Å². The van der Waals surface area contributed by atoms with E-state index in [2.05, 4.69) is 0 Å². The van der Waals surface area contributed by atoms with E-state index in [-0.39, 0.29) is 5.97 Å². The Hall–Kier alpha value is -1.38. The van der Waals surface area contributed by atoms with E-state index in [9.17, 15) is 4.79 Å². The summed E-state index contributed by atoms with van der Waals surface area (Å²) in [5, 5.41) is 7.24. The van der Waals surface area contributed by atoms with Gasteiger partial charge in [0.05, 0.1) is 12.2 Å². The number of hydrogen-bond acceptors (Lipinski definition) is 3. The summed E-state index contributed by atoms with van der Waals surface area (Å²) in [6, 6.07) is 0. The molecule has 0 saturated heterocycles. The summed E-state index contributed by atoms with van der Waals surface area (Å²) < 4.78 is 4.79. The Bertz CT molecular complexity index is 264. The van der Waals surface area contributed by atoms with Crippen molar-refractivity contribution in [1.29, 1.82) is 5.41 Å². The van der Waals surface area contributed by atoms with Crippen LogP contribution in [-0.2, 0) is 9.53 Å². The zero-order valence-corrected chi connectivity index (χ0v) is 6.96. The van der Waals surface area contributed by atoms with Gasteiger partial charge in [0.1, 0.15) is 0 Å². The molecule has 3 heteroatoms. The molecule has 0 aromatic heterocycles. The summed E-state index contributed by atoms with van der Waals surface area (Å²) in [6.07, 6.45) is 5.46. The predicted octanol–water partition coefficient (Wildman–Crippen LogP) is 1.46. The number of nitrogens with one attached hydrogen (secondary N) is 1. The Balaban J connectivity index is 2.60. The normalized spacial score (nSPS) is 15.8. The first kappa shape index (κ1) is 8.71. The van der Waals surface area contributed by atoms with Crippen LogP contribution in [0.3, 0.4) is 0 Å². The molecule has 0 aromatic rings. The van der Waals surface area contributed by atoms with Gasteiger partial charge >= 0.3 is 5.97 Å². The summed E-state index contributed by atoms with van der Waals surface area (Å²) in [4.78, 5) is 11.1. The lowest BCUT2D eigenvalue weighted by atomic mass is 10.1. The fraction of sp³-hybridized carbons (Fsp3) is 0.333. The number of rotatable bonds is 2. The maximum absolute atomic E-state index is 11.1. The van der Waals surface area contributed by atoms with E-state index in [0.717, 1.165) is 0 Å². The van der Waals surface area contributed by atoms with Crippen LogP contribution in [-0.4, -0.2) is 18.3 Å². The van der Waals surface area contributed by atoms with Gasteiger partial charge in [-0.2, -0.15) is 0 Å². The first-order chi connectivity index (χ1) is 5.74. The second-order valence-electron chi connectivity index (χ2n) is 2.44. The first-order valence-corrected chi connectivity index (χ1v) is 3.87. The van der Waals surface area contributed by atoms with Crippen LogP contribution in [0, 0.1) is 5.41 Å². The summed E-state index contributed by atoms with van der Waals surface area (Å²) in [5.74, 6) is -0.304. The van der Waals surface area contributed by atoms with Gasteiger partial charge in [-0.05, 0) is 19.1 Å². The smallest absolute Gasteiger partial charge is 0.337 e. The summed E-state index contributed by atoms with van der Waals surface area (Å²) in [6.45, 7) is 2.16. The van der Waals surface area contributed by atoms with Crippen molar-refractivity contribution in [2.75, 3.05) is 6.61 Å². The molecule has 3 nitrogen and oxygen atoms in total. The lowest BCUT2D eigenvalue weighted by Crippen LogP contribution is -2.09. The molecule has 0 fully saturated rings. The summed E-state index contributed by atoms with van der Waals surface area (Å²) in [5.41, 5.74) is 1.07. The van der Waals surface area contributed by atoms with E-state index in [1.807, 2.05) is 0 Å². The highest BCUT2D eigenvalue weighted by atomic mass is 16.5. The van der Waals surface area contributed by atoms with E-state index in [1.165, 1.54) is 0 Å². The number of ether oxygens (including phenoxy) is 1.